The second-order valence-corrected chi connectivity index (χ2v) is 7.94. The van der Waals surface area contributed by atoms with Gasteiger partial charge in [-0.25, -0.2) is 9.78 Å². The van der Waals surface area contributed by atoms with Crippen molar-refractivity contribution in [2.24, 2.45) is 0 Å². The van der Waals surface area contributed by atoms with Gasteiger partial charge >= 0.3 is 5.97 Å². The second kappa shape index (κ2) is 7.27. The Bertz CT molecular complexity index is 1060. The molecule has 0 aliphatic heterocycles. The van der Waals surface area contributed by atoms with Gasteiger partial charge in [0.05, 0.1) is 24.1 Å². The number of thiophene rings is 1. The maximum Gasteiger partial charge on any atom is 0.338 e. The molecule has 27 heavy (non-hydrogen) atoms. The van der Waals surface area contributed by atoms with Crippen LogP contribution in [0.4, 0.5) is 0 Å². The van der Waals surface area contributed by atoms with E-state index in [0.717, 1.165) is 40.9 Å². The first-order valence-electron chi connectivity index (χ1n) is 9.36. The van der Waals surface area contributed by atoms with Crippen LogP contribution in [0.5, 0.6) is 0 Å². The summed E-state index contributed by atoms with van der Waals surface area (Å²) in [5.74, 6) is 0.394. The molecule has 2 aromatic heterocycles. The molecule has 6 heteroatoms. The fraction of sp³-hybridized carbons (Fsp3) is 0.381. The summed E-state index contributed by atoms with van der Waals surface area (Å²) in [6, 6.07) is 7.22. The number of ether oxygens (including phenoxy) is 1. The van der Waals surface area contributed by atoms with E-state index in [-0.39, 0.29) is 11.5 Å². The standard InChI is InChI=1S/C21H22N2O3S/c1-3-26-21(25)15-10-8-14(9-11-15)12-23-13(2)22-19-18(20(23)24)16-6-4-5-7-17(16)27-19/h8-11H,3-7,12H2,1-2H3. The summed E-state index contributed by atoms with van der Waals surface area (Å²) in [6.45, 7) is 4.47. The Morgan fingerprint density at radius 1 is 1.22 bits per heavy atom. The molecule has 0 amide bonds. The van der Waals surface area contributed by atoms with E-state index < -0.39 is 0 Å². The number of hydrogen-bond donors (Lipinski definition) is 0. The molecule has 2 heterocycles. The summed E-state index contributed by atoms with van der Waals surface area (Å²) in [5.41, 5.74) is 2.74. The molecule has 3 aromatic rings. The SMILES string of the molecule is CCOC(=O)c1ccc(Cn2c(C)nc3sc4c(c3c2=O)CCCC4)cc1. The molecule has 0 radical (unpaired) electrons. The van der Waals surface area contributed by atoms with E-state index in [1.165, 1.54) is 16.9 Å². The van der Waals surface area contributed by atoms with Gasteiger partial charge in [-0.3, -0.25) is 9.36 Å². The van der Waals surface area contributed by atoms with Crippen LogP contribution in [0.15, 0.2) is 29.1 Å². The number of aryl methyl sites for hydroxylation is 3. The Labute approximate surface area is 161 Å². The zero-order valence-corrected chi connectivity index (χ0v) is 16.4. The molecule has 1 aliphatic carbocycles. The van der Waals surface area contributed by atoms with Crippen molar-refractivity contribution in [2.75, 3.05) is 6.61 Å². The molecular weight excluding hydrogens is 360 g/mol. The number of esters is 1. The number of carbonyl (C=O) groups is 1. The zero-order chi connectivity index (χ0) is 19.0. The van der Waals surface area contributed by atoms with Crippen LogP contribution < -0.4 is 5.56 Å². The third-order valence-corrected chi connectivity index (χ3v) is 6.26. The molecule has 0 bridgehead atoms. The van der Waals surface area contributed by atoms with Gasteiger partial charge in [0.25, 0.3) is 5.56 Å². The van der Waals surface area contributed by atoms with Crippen LogP contribution in [-0.2, 0) is 24.1 Å². The third-order valence-electron chi connectivity index (χ3n) is 5.07. The van der Waals surface area contributed by atoms with E-state index in [9.17, 15) is 9.59 Å². The average molecular weight is 382 g/mol. The summed E-state index contributed by atoms with van der Waals surface area (Å²) < 4.78 is 6.75. The predicted molar refractivity (Wildman–Crippen MR) is 107 cm³/mol. The number of carbonyl (C=O) groups excluding carboxylic acids is 1. The Morgan fingerprint density at radius 3 is 2.70 bits per heavy atom. The van der Waals surface area contributed by atoms with E-state index in [1.807, 2.05) is 19.1 Å². The van der Waals surface area contributed by atoms with E-state index in [4.69, 9.17) is 9.72 Å². The second-order valence-electron chi connectivity index (χ2n) is 6.86. The maximum absolute atomic E-state index is 13.2. The minimum atomic E-state index is -0.328. The quantitative estimate of drug-likeness (QED) is 0.643. The zero-order valence-electron chi connectivity index (χ0n) is 15.6. The number of rotatable bonds is 4. The van der Waals surface area contributed by atoms with Crippen molar-refractivity contribution in [1.82, 2.24) is 9.55 Å². The molecule has 0 unspecified atom stereocenters. The predicted octanol–water partition coefficient (Wildman–Crippen LogP) is 3.87. The number of hydrogen-bond acceptors (Lipinski definition) is 5. The molecule has 5 nitrogen and oxygen atoms in total. The van der Waals surface area contributed by atoms with E-state index in [1.54, 1.807) is 35.0 Å². The van der Waals surface area contributed by atoms with Gasteiger partial charge in [-0.15, -0.1) is 11.3 Å². The van der Waals surface area contributed by atoms with Crippen molar-refractivity contribution in [3.63, 3.8) is 0 Å². The van der Waals surface area contributed by atoms with Crippen molar-refractivity contribution in [3.05, 3.63) is 62.0 Å². The van der Waals surface area contributed by atoms with Gasteiger partial charge in [0, 0.05) is 4.88 Å². The third kappa shape index (κ3) is 3.30. The van der Waals surface area contributed by atoms with Crippen molar-refractivity contribution in [1.29, 1.82) is 0 Å². The van der Waals surface area contributed by atoms with Crippen molar-refractivity contribution in [3.8, 4) is 0 Å². The van der Waals surface area contributed by atoms with Crippen LogP contribution >= 0.6 is 11.3 Å². The monoisotopic (exact) mass is 382 g/mol. The fourth-order valence-corrected chi connectivity index (χ4v) is 4.97. The van der Waals surface area contributed by atoms with Gasteiger partial charge in [-0.1, -0.05) is 12.1 Å². The first kappa shape index (κ1) is 17.9. The first-order valence-corrected chi connectivity index (χ1v) is 10.2. The van der Waals surface area contributed by atoms with Crippen LogP contribution in [-0.4, -0.2) is 22.1 Å². The van der Waals surface area contributed by atoms with E-state index in [0.29, 0.717) is 18.7 Å². The molecule has 4 rings (SSSR count). The number of nitrogens with zero attached hydrogens (tertiary/aromatic N) is 2. The largest absolute Gasteiger partial charge is 0.462 e. The van der Waals surface area contributed by atoms with Crippen molar-refractivity contribution in [2.45, 2.75) is 46.1 Å². The molecule has 0 fully saturated rings. The lowest BCUT2D eigenvalue weighted by Crippen LogP contribution is -2.24. The summed E-state index contributed by atoms with van der Waals surface area (Å²) in [6.07, 6.45) is 4.37. The molecular formula is C21H22N2O3S. The summed E-state index contributed by atoms with van der Waals surface area (Å²) in [7, 11) is 0. The number of benzene rings is 1. The lowest BCUT2D eigenvalue weighted by molar-refractivity contribution is 0.0526. The Morgan fingerprint density at radius 2 is 1.96 bits per heavy atom. The van der Waals surface area contributed by atoms with Crippen LogP contribution in [0.2, 0.25) is 0 Å². The topological polar surface area (TPSA) is 61.2 Å². The normalized spacial score (nSPS) is 13.6. The Kier molecular flexibility index (Phi) is 4.83. The number of aromatic nitrogens is 2. The van der Waals surface area contributed by atoms with Crippen LogP contribution in [0.1, 0.15) is 52.0 Å². The Balaban J connectivity index is 1.70. The highest BCUT2D eigenvalue weighted by molar-refractivity contribution is 7.18. The van der Waals surface area contributed by atoms with Crippen LogP contribution in [0.3, 0.4) is 0 Å². The lowest BCUT2D eigenvalue weighted by atomic mass is 9.97. The molecule has 0 N–H and O–H groups in total. The van der Waals surface area contributed by atoms with Gasteiger partial charge < -0.3 is 4.74 Å². The minimum absolute atomic E-state index is 0.0476. The van der Waals surface area contributed by atoms with Gasteiger partial charge in [-0.05, 0) is 62.8 Å². The van der Waals surface area contributed by atoms with Gasteiger partial charge in [-0.2, -0.15) is 0 Å². The lowest BCUT2D eigenvalue weighted by Gasteiger charge is -2.12. The average Bonchev–Trinajstić information content (AvgIpc) is 3.04. The molecule has 0 saturated carbocycles. The first-order chi connectivity index (χ1) is 13.1. The summed E-state index contributed by atoms with van der Waals surface area (Å²) in [4.78, 5) is 31.9. The summed E-state index contributed by atoms with van der Waals surface area (Å²) >= 11 is 1.68. The van der Waals surface area contributed by atoms with Crippen LogP contribution in [0.25, 0.3) is 10.2 Å². The van der Waals surface area contributed by atoms with Crippen molar-refractivity contribution >= 4 is 27.5 Å². The molecule has 1 aromatic carbocycles. The highest BCUT2D eigenvalue weighted by atomic mass is 32.1. The smallest absolute Gasteiger partial charge is 0.338 e. The Hall–Kier alpha value is -2.47. The molecule has 0 spiro atoms. The molecule has 0 saturated heterocycles. The highest BCUT2D eigenvalue weighted by Crippen LogP contribution is 2.33. The number of fused-ring (bicyclic) bond motifs is 3. The van der Waals surface area contributed by atoms with Crippen molar-refractivity contribution < 1.29 is 9.53 Å². The van der Waals surface area contributed by atoms with Gasteiger partial charge in [0.1, 0.15) is 10.7 Å². The fourth-order valence-electron chi connectivity index (χ4n) is 3.67. The van der Waals surface area contributed by atoms with E-state index >= 15 is 0 Å². The van der Waals surface area contributed by atoms with E-state index in [2.05, 4.69) is 0 Å². The maximum atomic E-state index is 13.2. The van der Waals surface area contributed by atoms with Crippen LogP contribution in [0, 0.1) is 6.92 Å². The highest BCUT2D eigenvalue weighted by Gasteiger charge is 2.21. The summed E-state index contributed by atoms with van der Waals surface area (Å²) in [5, 5.41) is 0.809. The van der Waals surface area contributed by atoms with Gasteiger partial charge in [0.15, 0.2) is 0 Å². The van der Waals surface area contributed by atoms with Gasteiger partial charge in [0.2, 0.25) is 0 Å². The minimum Gasteiger partial charge on any atom is -0.462 e. The molecule has 140 valence electrons. The molecule has 1 aliphatic rings. The molecule has 0 atom stereocenters.